The molecule has 0 radical (unpaired) electrons. The summed E-state index contributed by atoms with van der Waals surface area (Å²) in [6, 6.07) is 7.03. The number of aliphatic carboxylic acids is 1. The van der Waals surface area contributed by atoms with E-state index in [1.165, 1.54) is 0 Å². The van der Waals surface area contributed by atoms with Crippen molar-refractivity contribution in [2.45, 2.75) is 13.0 Å². The molecule has 1 rings (SSSR count). The van der Waals surface area contributed by atoms with Crippen molar-refractivity contribution in [2.24, 2.45) is 0 Å². The smallest absolute Gasteiger partial charge is 0.307 e. The van der Waals surface area contributed by atoms with Gasteiger partial charge in [0.15, 0.2) is 9.84 Å². The number of hydrogen-bond donors (Lipinski definition) is 2. The minimum absolute atomic E-state index is 0.00293. The molecule has 2 N–H and O–H groups in total. The lowest BCUT2D eigenvalue weighted by molar-refractivity contribution is -0.136. The summed E-state index contributed by atoms with van der Waals surface area (Å²) in [5.74, 6) is -0.933. The molecule has 0 spiro atoms. The highest BCUT2D eigenvalue weighted by Gasteiger charge is 2.02. The largest absolute Gasteiger partial charge is 0.481 e. The van der Waals surface area contributed by atoms with Crippen molar-refractivity contribution in [3.63, 3.8) is 0 Å². The first-order chi connectivity index (χ1) is 7.87. The van der Waals surface area contributed by atoms with E-state index in [0.717, 1.165) is 17.4 Å². The van der Waals surface area contributed by atoms with Crippen LogP contribution >= 0.6 is 0 Å². The van der Waals surface area contributed by atoms with Gasteiger partial charge in [0.1, 0.15) is 0 Å². The zero-order valence-corrected chi connectivity index (χ0v) is 10.3. The Bertz CT molecular complexity index is 479. The van der Waals surface area contributed by atoms with Crippen molar-refractivity contribution in [1.82, 2.24) is 5.32 Å². The molecular formula is C11H15NO4S. The molecule has 1 aromatic rings. The molecule has 5 nitrogen and oxygen atoms in total. The maximum Gasteiger partial charge on any atom is 0.307 e. The van der Waals surface area contributed by atoms with Gasteiger partial charge in [-0.05, 0) is 11.1 Å². The predicted octanol–water partition coefficient (Wildman–Crippen LogP) is 0.405. The van der Waals surface area contributed by atoms with Gasteiger partial charge in [0.05, 0.1) is 12.3 Å². The highest BCUT2D eigenvalue weighted by molar-refractivity contribution is 7.90. The summed E-state index contributed by atoms with van der Waals surface area (Å²) in [6.07, 6.45) is 1.16. The van der Waals surface area contributed by atoms with Crippen LogP contribution in [0.15, 0.2) is 24.3 Å². The van der Waals surface area contributed by atoms with E-state index in [9.17, 15) is 13.2 Å². The average molecular weight is 257 g/mol. The van der Waals surface area contributed by atoms with Crippen molar-refractivity contribution in [3.05, 3.63) is 35.4 Å². The first kappa shape index (κ1) is 13.7. The molecule has 0 bridgehead atoms. The lowest BCUT2D eigenvalue weighted by Crippen LogP contribution is -2.21. The Hall–Kier alpha value is -1.40. The molecule has 0 saturated carbocycles. The molecular weight excluding hydrogens is 242 g/mol. The van der Waals surface area contributed by atoms with Gasteiger partial charge in [-0.1, -0.05) is 24.3 Å². The van der Waals surface area contributed by atoms with E-state index >= 15 is 0 Å². The van der Waals surface area contributed by atoms with Crippen LogP contribution in [-0.4, -0.2) is 31.6 Å². The zero-order chi connectivity index (χ0) is 12.9. The van der Waals surface area contributed by atoms with E-state index in [2.05, 4.69) is 5.32 Å². The number of benzene rings is 1. The molecule has 0 saturated heterocycles. The Kier molecular flexibility index (Phi) is 4.65. The molecule has 0 atom stereocenters. The summed E-state index contributed by atoms with van der Waals surface area (Å²) in [4.78, 5) is 10.5. The number of nitrogens with one attached hydrogen (secondary N) is 1. The highest BCUT2D eigenvalue weighted by atomic mass is 32.2. The summed E-state index contributed by atoms with van der Waals surface area (Å²) in [7, 11) is -3.01. The highest BCUT2D eigenvalue weighted by Crippen LogP contribution is 2.05. The van der Waals surface area contributed by atoms with Crippen molar-refractivity contribution < 1.29 is 18.3 Å². The fourth-order valence-electron chi connectivity index (χ4n) is 1.33. The van der Waals surface area contributed by atoms with Crippen LogP contribution in [0.4, 0.5) is 0 Å². The van der Waals surface area contributed by atoms with Crippen LogP contribution in [-0.2, 0) is 27.6 Å². The van der Waals surface area contributed by atoms with Crippen LogP contribution in [0.25, 0.3) is 0 Å². The molecule has 0 aliphatic heterocycles. The zero-order valence-electron chi connectivity index (χ0n) is 9.51. The number of sulfone groups is 1. The SMILES string of the molecule is CS(=O)(=O)CNCc1ccc(CC(=O)O)cc1. The maximum absolute atomic E-state index is 10.9. The van der Waals surface area contributed by atoms with Gasteiger partial charge in [-0.25, -0.2) is 8.42 Å². The van der Waals surface area contributed by atoms with E-state index in [0.29, 0.717) is 6.54 Å². The van der Waals surface area contributed by atoms with E-state index in [4.69, 9.17) is 5.11 Å². The maximum atomic E-state index is 10.9. The lowest BCUT2D eigenvalue weighted by atomic mass is 10.1. The number of carbonyl (C=O) groups is 1. The van der Waals surface area contributed by atoms with E-state index in [1.54, 1.807) is 24.3 Å². The monoisotopic (exact) mass is 257 g/mol. The summed E-state index contributed by atoms with van der Waals surface area (Å²) < 4.78 is 21.7. The van der Waals surface area contributed by atoms with Crippen LogP contribution in [0.1, 0.15) is 11.1 Å². The van der Waals surface area contributed by atoms with Gasteiger partial charge in [-0.15, -0.1) is 0 Å². The van der Waals surface area contributed by atoms with Gasteiger partial charge in [0.25, 0.3) is 0 Å². The van der Waals surface area contributed by atoms with Gasteiger partial charge >= 0.3 is 5.97 Å². The fourth-order valence-corrected chi connectivity index (χ4v) is 1.80. The molecule has 6 heteroatoms. The van der Waals surface area contributed by atoms with Crippen molar-refractivity contribution in [1.29, 1.82) is 0 Å². The van der Waals surface area contributed by atoms with Crippen molar-refractivity contribution >= 4 is 15.8 Å². The van der Waals surface area contributed by atoms with Gasteiger partial charge in [0, 0.05) is 12.8 Å². The molecule has 0 aliphatic carbocycles. The van der Waals surface area contributed by atoms with E-state index < -0.39 is 15.8 Å². The summed E-state index contributed by atoms with van der Waals surface area (Å²) in [6.45, 7) is 0.445. The second-order valence-electron chi connectivity index (χ2n) is 3.88. The second-order valence-corrected chi connectivity index (χ2v) is 6.02. The second kappa shape index (κ2) is 5.79. The Balaban J connectivity index is 2.48. The third kappa shape index (κ3) is 6.03. The molecule has 0 heterocycles. The number of rotatable bonds is 6. The third-order valence-electron chi connectivity index (χ3n) is 2.07. The van der Waals surface area contributed by atoms with Crippen LogP contribution in [0.2, 0.25) is 0 Å². The third-order valence-corrected chi connectivity index (χ3v) is 2.80. The Morgan fingerprint density at radius 1 is 1.24 bits per heavy atom. The molecule has 0 aromatic heterocycles. The fraction of sp³-hybridized carbons (Fsp3) is 0.364. The first-order valence-electron chi connectivity index (χ1n) is 5.05. The van der Waals surface area contributed by atoms with Gasteiger partial charge in [-0.2, -0.15) is 0 Å². The summed E-state index contributed by atoms with van der Waals surface area (Å²) >= 11 is 0. The number of carboxylic acid groups (broad SMARTS) is 1. The minimum Gasteiger partial charge on any atom is -0.481 e. The molecule has 17 heavy (non-hydrogen) atoms. The van der Waals surface area contributed by atoms with Crippen LogP contribution < -0.4 is 5.32 Å². The first-order valence-corrected chi connectivity index (χ1v) is 7.11. The molecule has 0 fully saturated rings. The molecule has 1 aromatic carbocycles. The van der Waals surface area contributed by atoms with Crippen molar-refractivity contribution in [3.8, 4) is 0 Å². The van der Waals surface area contributed by atoms with Crippen molar-refractivity contribution in [2.75, 3.05) is 12.1 Å². The van der Waals surface area contributed by atoms with Crippen LogP contribution in [0.3, 0.4) is 0 Å². The van der Waals surface area contributed by atoms with E-state index in [1.807, 2.05) is 0 Å². The summed E-state index contributed by atoms with van der Waals surface area (Å²) in [5, 5.41) is 11.4. The van der Waals surface area contributed by atoms with Gasteiger partial charge < -0.3 is 5.11 Å². The molecule has 94 valence electrons. The van der Waals surface area contributed by atoms with Crippen LogP contribution in [0, 0.1) is 0 Å². The summed E-state index contributed by atoms with van der Waals surface area (Å²) in [5.41, 5.74) is 1.65. The standard InChI is InChI=1S/C11H15NO4S/c1-17(15,16)8-12-7-10-4-2-9(3-5-10)6-11(13)14/h2-5,12H,6-8H2,1H3,(H,13,14). The minimum atomic E-state index is -3.01. The molecule has 0 aliphatic rings. The average Bonchev–Trinajstić information content (AvgIpc) is 2.18. The van der Waals surface area contributed by atoms with Gasteiger partial charge in [-0.3, -0.25) is 10.1 Å². The number of carboxylic acids is 1. The Morgan fingerprint density at radius 3 is 2.24 bits per heavy atom. The molecule has 0 amide bonds. The topological polar surface area (TPSA) is 83.5 Å². The lowest BCUT2D eigenvalue weighted by Gasteiger charge is -2.04. The van der Waals surface area contributed by atoms with Gasteiger partial charge in [0.2, 0.25) is 0 Å². The van der Waals surface area contributed by atoms with Crippen LogP contribution in [0.5, 0.6) is 0 Å². The van der Waals surface area contributed by atoms with E-state index in [-0.39, 0.29) is 12.3 Å². The quantitative estimate of drug-likeness (QED) is 0.771. The molecule has 0 unspecified atom stereocenters. The Labute approximate surface area is 100 Å². The Morgan fingerprint density at radius 2 is 1.76 bits per heavy atom. The normalized spacial score (nSPS) is 11.4. The number of hydrogen-bond acceptors (Lipinski definition) is 4. The predicted molar refractivity (Wildman–Crippen MR) is 64.3 cm³/mol.